The molecule has 0 aromatic heterocycles. The molecule has 1 aromatic rings. The van der Waals surface area contributed by atoms with E-state index in [0.29, 0.717) is 37.8 Å². The summed E-state index contributed by atoms with van der Waals surface area (Å²) in [5.74, 6) is 0.342. The van der Waals surface area contributed by atoms with Crippen LogP contribution in [-0.4, -0.2) is 38.3 Å². The van der Waals surface area contributed by atoms with Crippen molar-refractivity contribution in [3.05, 3.63) is 29.6 Å². The van der Waals surface area contributed by atoms with E-state index in [-0.39, 0.29) is 29.6 Å². The number of morpholine rings is 1. The highest BCUT2D eigenvalue weighted by Crippen LogP contribution is 2.30. The molecule has 2 N–H and O–H groups in total. The molecule has 0 spiro atoms. The summed E-state index contributed by atoms with van der Waals surface area (Å²) in [6, 6.07) is 4.23. The van der Waals surface area contributed by atoms with Crippen molar-refractivity contribution in [3.63, 3.8) is 0 Å². The van der Waals surface area contributed by atoms with Crippen molar-refractivity contribution in [2.75, 3.05) is 26.4 Å². The van der Waals surface area contributed by atoms with E-state index < -0.39 is 0 Å². The fourth-order valence-corrected chi connectivity index (χ4v) is 2.53. The van der Waals surface area contributed by atoms with Gasteiger partial charge < -0.3 is 20.1 Å². The molecule has 1 saturated heterocycles. The van der Waals surface area contributed by atoms with Gasteiger partial charge in [-0.1, -0.05) is 6.07 Å². The molecule has 23 heavy (non-hydrogen) atoms. The van der Waals surface area contributed by atoms with Crippen LogP contribution in [0.1, 0.15) is 31.4 Å². The first-order valence-corrected chi connectivity index (χ1v) is 8.17. The van der Waals surface area contributed by atoms with Crippen LogP contribution in [0, 0.1) is 11.7 Å². The summed E-state index contributed by atoms with van der Waals surface area (Å²) >= 11 is 0. The van der Waals surface area contributed by atoms with Crippen LogP contribution in [0.2, 0.25) is 0 Å². The number of carbonyl (C=O) groups excluding carboxylic acids is 1. The SMILES string of the molecule is CC(NC(=O)C1COCCN1)c1ccc(OCC2CC2)c(F)c1. The Balaban J connectivity index is 1.56. The van der Waals surface area contributed by atoms with E-state index in [2.05, 4.69) is 10.6 Å². The average Bonchev–Trinajstić information content (AvgIpc) is 3.38. The number of hydrogen-bond acceptors (Lipinski definition) is 4. The van der Waals surface area contributed by atoms with Crippen LogP contribution < -0.4 is 15.4 Å². The molecule has 3 rings (SSSR count). The van der Waals surface area contributed by atoms with E-state index in [0.717, 1.165) is 0 Å². The largest absolute Gasteiger partial charge is 0.490 e. The number of nitrogens with one attached hydrogen (secondary N) is 2. The van der Waals surface area contributed by atoms with Gasteiger partial charge in [-0.25, -0.2) is 4.39 Å². The third kappa shape index (κ3) is 4.42. The van der Waals surface area contributed by atoms with Crippen molar-refractivity contribution >= 4 is 5.91 Å². The number of amides is 1. The Morgan fingerprint density at radius 3 is 3.00 bits per heavy atom. The monoisotopic (exact) mass is 322 g/mol. The molecule has 1 heterocycles. The topological polar surface area (TPSA) is 59.6 Å². The highest BCUT2D eigenvalue weighted by Gasteiger charge is 2.24. The molecular formula is C17H23FN2O3. The Kier molecular flexibility index (Phi) is 5.13. The Morgan fingerprint density at radius 2 is 2.35 bits per heavy atom. The highest BCUT2D eigenvalue weighted by atomic mass is 19.1. The van der Waals surface area contributed by atoms with Crippen molar-refractivity contribution in [2.24, 2.45) is 5.92 Å². The number of benzene rings is 1. The first-order valence-electron chi connectivity index (χ1n) is 8.17. The van der Waals surface area contributed by atoms with Crippen molar-refractivity contribution < 1.29 is 18.7 Å². The van der Waals surface area contributed by atoms with Crippen molar-refractivity contribution in [3.8, 4) is 5.75 Å². The van der Waals surface area contributed by atoms with Crippen LogP contribution >= 0.6 is 0 Å². The van der Waals surface area contributed by atoms with Crippen LogP contribution in [0.4, 0.5) is 4.39 Å². The Morgan fingerprint density at radius 1 is 1.52 bits per heavy atom. The maximum Gasteiger partial charge on any atom is 0.240 e. The lowest BCUT2D eigenvalue weighted by Crippen LogP contribution is -2.51. The standard InChI is InChI=1S/C17H23FN2O3/c1-11(20-17(21)15-10-22-7-6-19-15)13-4-5-16(14(18)8-13)23-9-12-2-3-12/h4-5,8,11-12,15,19H,2-3,6-7,9-10H2,1H3,(H,20,21). The number of halogens is 1. The van der Waals surface area contributed by atoms with Crippen LogP contribution in [0.3, 0.4) is 0 Å². The van der Waals surface area contributed by atoms with E-state index in [4.69, 9.17) is 9.47 Å². The molecule has 1 aliphatic heterocycles. The summed E-state index contributed by atoms with van der Waals surface area (Å²) in [5, 5.41) is 5.98. The first-order chi connectivity index (χ1) is 11.1. The van der Waals surface area contributed by atoms with Gasteiger partial charge in [0.15, 0.2) is 11.6 Å². The van der Waals surface area contributed by atoms with Crippen LogP contribution in [0.5, 0.6) is 5.75 Å². The predicted octanol–water partition coefficient (Wildman–Crippen LogP) is 1.78. The molecule has 5 nitrogen and oxygen atoms in total. The van der Waals surface area contributed by atoms with E-state index in [1.807, 2.05) is 6.92 Å². The summed E-state index contributed by atoms with van der Waals surface area (Å²) in [6.07, 6.45) is 2.34. The van der Waals surface area contributed by atoms with Gasteiger partial charge in [-0.2, -0.15) is 0 Å². The van der Waals surface area contributed by atoms with E-state index in [9.17, 15) is 9.18 Å². The summed E-state index contributed by atoms with van der Waals surface area (Å²) < 4.78 is 24.9. The number of hydrogen-bond donors (Lipinski definition) is 2. The molecule has 0 bridgehead atoms. The average molecular weight is 322 g/mol. The molecule has 1 aliphatic carbocycles. The molecule has 1 amide bonds. The third-order valence-corrected chi connectivity index (χ3v) is 4.22. The molecule has 1 saturated carbocycles. The maximum atomic E-state index is 14.1. The second-order valence-electron chi connectivity index (χ2n) is 6.26. The van der Waals surface area contributed by atoms with Gasteiger partial charge in [0.05, 0.1) is 25.9 Å². The minimum Gasteiger partial charge on any atom is -0.490 e. The highest BCUT2D eigenvalue weighted by molar-refractivity contribution is 5.82. The fraction of sp³-hybridized carbons (Fsp3) is 0.588. The zero-order chi connectivity index (χ0) is 16.2. The molecule has 2 aliphatic rings. The molecule has 6 heteroatoms. The summed E-state index contributed by atoms with van der Waals surface area (Å²) in [7, 11) is 0. The summed E-state index contributed by atoms with van der Waals surface area (Å²) in [6.45, 7) is 4.05. The quantitative estimate of drug-likeness (QED) is 0.838. The molecule has 0 radical (unpaired) electrons. The predicted molar refractivity (Wildman–Crippen MR) is 83.8 cm³/mol. The summed E-state index contributed by atoms with van der Waals surface area (Å²) in [4.78, 5) is 12.1. The molecule has 2 atom stereocenters. The lowest BCUT2D eigenvalue weighted by molar-refractivity contribution is -0.126. The van der Waals surface area contributed by atoms with Crippen molar-refractivity contribution in [2.45, 2.75) is 31.8 Å². The molecule has 2 fully saturated rings. The van der Waals surface area contributed by atoms with Gasteiger partial charge in [-0.3, -0.25) is 4.79 Å². The zero-order valence-corrected chi connectivity index (χ0v) is 13.3. The van der Waals surface area contributed by atoms with Gasteiger partial charge >= 0.3 is 0 Å². The van der Waals surface area contributed by atoms with Crippen LogP contribution in [-0.2, 0) is 9.53 Å². The zero-order valence-electron chi connectivity index (χ0n) is 13.3. The number of rotatable bonds is 6. The summed E-state index contributed by atoms with van der Waals surface area (Å²) in [5.41, 5.74) is 0.714. The van der Waals surface area contributed by atoms with Crippen molar-refractivity contribution in [1.29, 1.82) is 0 Å². The second kappa shape index (κ2) is 7.27. The lowest BCUT2D eigenvalue weighted by atomic mass is 10.1. The van der Waals surface area contributed by atoms with E-state index >= 15 is 0 Å². The van der Waals surface area contributed by atoms with E-state index in [1.54, 1.807) is 12.1 Å². The Labute approximate surface area is 135 Å². The second-order valence-corrected chi connectivity index (χ2v) is 6.26. The van der Waals surface area contributed by atoms with Gasteiger partial charge in [-0.15, -0.1) is 0 Å². The molecule has 126 valence electrons. The van der Waals surface area contributed by atoms with Gasteiger partial charge in [0.1, 0.15) is 6.04 Å². The normalized spacial score (nSPS) is 22.4. The lowest BCUT2D eigenvalue weighted by Gasteiger charge is -2.25. The van der Waals surface area contributed by atoms with Gasteiger partial charge in [0.25, 0.3) is 0 Å². The number of ether oxygens (including phenoxy) is 2. The maximum absolute atomic E-state index is 14.1. The van der Waals surface area contributed by atoms with Crippen LogP contribution in [0.15, 0.2) is 18.2 Å². The molecule has 1 aromatic carbocycles. The van der Waals surface area contributed by atoms with Crippen molar-refractivity contribution in [1.82, 2.24) is 10.6 Å². The van der Waals surface area contributed by atoms with Crippen LogP contribution in [0.25, 0.3) is 0 Å². The fourth-order valence-electron chi connectivity index (χ4n) is 2.53. The number of carbonyl (C=O) groups is 1. The molecule has 2 unspecified atom stereocenters. The van der Waals surface area contributed by atoms with Gasteiger partial charge in [0, 0.05) is 6.54 Å². The smallest absolute Gasteiger partial charge is 0.240 e. The first kappa shape index (κ1) is 16.2. The minimum atomic E-state index is -0.386. The van der Waals surface area contributed by atoms with Gasteiger partial charge in [0.2, 0.25) is 5.91 Å². The Bertz CT molecular complexity index is 557. The third-order valence-electron chi connectivity index (χ3n) is 4.22. The Hall–Kier alpha value is -1.66. The minimum absolute atomic E-state index is 0.133. The van der Waals surface area contributed by atoms with E-state index in [1.165, 1.54) is 18.9 Å². The molecular weight excluding hydrogens is 299 g/mol. The van der Waals surface area contributed by atoms with Gasteiger partial charge in [-0.05, 0) is 43.4 Å².